The Bertz CT molecular complexity index is 528. The van der Waals surface area contributed by atoms with Gasteiger partial charge in [0.2, 0.25) is 0 Å². The molecule has 0 radical (unpaired) electrons. The molecule has 0 nitrogen and oxygen atoms in total. The zero-order valence-electron chi connectivity index (χ0n) is 13.3. The molecule has 0 heterocycles. The summed E-state index contributed by atoms with van der Waals surface area (Å²) in [6, 6.07) is 22.7. The van der Waals surface area contributed by atoms with Crippen molar-refractivity contribution in [2.75, 3.05) is 0 Å². The molecule has 0 spiro atoms. The Labute approximate surface area is 130 Å². The van der Waals surface area contributed by atoms with E-state index in [2.05, 4.69) is 74.1 Å². The summed E-state index contributed by atoms with van der Waals surface area (Å²) in [4.78, 5) is 0. The van der Waals surface area contributed by atoms with Gasteiger partial charge in [0.1, 0.15) is 8.07 Å². The van der Waals surface area contributed by atoms with E-state index >= 15 is 0 Å². The zero-order valence-corrected chi connectivity index (χ0v) is 14.3. The van der Waals surface area contributed by atoms with E-state index < -0.39 is 8.07 Å². The molecule has 0 aromatic heterocycles. The monoisotopic (exact) mass is 294 g/mol. The molecular formula is C20H26Si. The highest BCUT2D eigenvalue weighted by atomic mass is 28.3. The van der Waals surface area contributed by atoms with Crippen molar-refractivity contribution in [1.29, 1.82) is 0 Å². The molecule has 0 atom stereocenters. The Morgan fingerprint density at radius 3 is 1.57 bits per heavy atom. The Hall–Kier alpha value is -1.34. The first kappa shape index (κ1) is 14.6. The van der Waals surface area contributed by atoms with Gasteiger partial charge in [-0.3, -0.25) is 0 Å². The van der Waals surface area contributed by atoms with Crippen molar-refractivity contribution >= 4 is 18.4 Å². The first-order valence-electron chi connectivity index (χ1n) is 8.28. The van der Waals surface area contributed by atoms with E-state index in [9.17, 15) is 0 Å². The van der Waals surface area contributed by atoms with Crippen molar-refractivity contribution in [1.82, 2.24) is 0 Å². The van der Waals surface area contributed by atoms with Crippen LogP contribution in [-0.2, 0) is 0 Å². The van der Waals surface area contributed by atoms with E-state index in [4.69, 9.17) is 0 Å². The molecule has 2 aromatic rings. The van der Waals surface area contributed by atoms with Gasteiger partial charge in [0.25, 0.3) is 0 Å². The minimum absolute atomic E-state index is 0.480. The van der Waals surface area contributed by atoms with Crippen LogP contribution in [0.5, 0.6) is 0 Å². The quantitative estimate of drug-likeness (QED) is 0.726. The van der Waals surface area contributed by atoms with Gasteiger partial charge >= 0.3 is 0 Å². The summed E-state index contributed by atoms with van der Waals surface area (Å²) < 4.78 is 0. The predicted octanol–water partition coefficient (Wildman–Crippen LogP) is 4.60. The average Bonchev–Trinajstić information content (AvgIpc) is 2.56. The van der Waals surface area contributed by atoms with Gasteiger partial charge in [-0.1, -0.05) is 104 Å². The van der Waals surface area contributed by atoms with Crippen LogP contribution in [0.3, 0.4) is 0 Å². The van der Waals surface area contributed by atoms with Crippen LogP contribution >= 0.6 is 0 Å². The van der Waals surface area contributed by atoms with Crippen LogP contribution in [-0.4, -0.2) is 8.07 Å². The maximum Gasteiger partial charge on any atom is 0.120 e. The van der Waals surface area contributed by atoms with Crippen LogP contribution in [0.4, 0.5) is 0 Å². The van der Waals surface area contributed by atoms with Crippen LogP contribution in [0.25, 0.3) is 0 Å². The highest BCUT2D eigenvalue weighted by Gasteiger charge is 2.48. The Morgan fingerprint density at radius 1 is 0.714 bits per heavy atom. The summed E-state index contributed by atoms with van der Waals surface area (Å²) >= 11 is 0. The highest BCUT2D eigenvalue weighted by molar-refractivity contribution is 7.03. The molecule has 0 N–H and O–H groups in total. The lowest BCUT2D eigenvalue weighted by Gasteiger charge is -2.48. The molecule has 1 heteroatoms. The lowest BCUT2D eigenvalue weighted by molar-refractivity contribution is 0.392. The summed E-state index contributed by atoms with van der Waals surface area (Å²) in [5.41, 5.74) is 0. The molecule has 1 aliphatic rings. The third-order valence-electron chi connectivity index (χ3n) is 5.87. The molecule has 1 aliphatic carbocycles. The molecule has 1 saturated carbocycles. The van der Waals surface area contributed by atoms with Crippen LogP contribution in [0.1, 0.15) is 39.0 Å². The van der Waals surface area contributed by atoms with E-state index in [1.165, 1.54) is 32.1 Å². The normalized spacial score (nSPS) is 18.4. The van der Waals surface area contributed by atoms with Crippen molar-refractivity contribution in [2.24, 2.45) is 0 Å². The molecule has 0 bridgehead atoms. The number of rotatable bonds is 3. The molecule has 0 unspecified atom stereocenters. The van der Waals surface area contributed by atoms with E-state index in [1.54, 1.807) is 10.4 Å². The van der Waals surface area contributed by atoms with Crippen molar-refractivity contribution in [3.05, 3.63) is 60.7 Å². The van der Waals surface area contributed by atoms with Crippen LogP contribution < -0.4 is 10.4 Å². The van der Waals surface area contributed by atoms with Gasteiger partial charge in [-0.15, -0.1) is 0 Å². The standard InChI is InChI=1S/C20H26Si/c1-20(16-10-5-11-17-20)21(2,18-12-6-3-7-13-18)19-14-8-4-9-15-19/h3-4,6-9,12-15H,5,10-11,16-17H2,1-2H3. The van der Waals surface area contributed by atoms with E-state index in [-0.39, 0.29) is 0 Å². The summed E-state index contributed by atoms with van der Waals surface area (Å²) in [6.45, 7) is 5.17. The molecule has 1 fully saturated rings. The molecule has 0 aliphatic heterocycles. The fourth-order valence-corrected chi connectivity index (χ4v) is 9.04. The summed E-state index contributed by atoms with van der Waals surface area (Å²) in [5, 5.41) is 3.68. The van der Waals surface area contributed by atoms with Crippen LogP contribution in [0.2, 0.25) is 11.6 Å². The highest BCUT2D eigenvalue weighted by Crippen LogP contribution is 2.49. The van der Waals surface area contributed by atoms with Gasteiger partial charge in [0.15, 0.2) is 0 Å². The second-order valence-electron chi connectivity index (χ2n) is 6.98. The van der Waals surface area contributed by atoms with Crippen molar-refractivity contribution in [3.63, 3.8) is 0 Å². The minimum atomic E-state index is -1.73. The maximum atomic E-state index is 2.60. The first-order chi connectivity index (χ1) is 10.2. The lowest BCUT2D eigenvalue weighted by atomic mass is 9.90. The molecule has 3 rings (SSSR count). The fraction of sp³-hybridized carbons (Fsp3) is 0.400. The Kier molecular flexibility index (Phi) is 4.03. The van der Waals surface area contributed by atoms with Gasteiger partial charge in [-0.05, 0) is 17.9 Å². The van der Waals surface area contributed by atoms with Gasteiger partial charge in [-0.2, -0.15) is 0 Å². The van der Waals surface area contributed by atoms with Crippen molar-refractivity contribution in [2.45, 2.75) is 50.6 Å². The second kappa shape index (κ2) is 5.80. The number of hydrogen-bond acceptors (Lipinski definition) is 0. The summed E-state index contributed by atoms with van der Waals surface area (Å²) in [5.74, 6) is 0. The lowest BCUT2D eigenvalue weighted by Crippen LogP contribution is -2.63. The predicted molar refractivity (Wildman–Crippen MR) is 95.2 cm³/mol. The molecule has 21 heavy (non-hydrogen) atoms. The third-order valence-corrected chi connectivity index (χ3v) is 11.8. The third kappa shape index (κ3) is 2.48. The van der Waals surface area contributed by atoms with Crippen molar-refractivity contribution < 1.29 is 0 Å². The molecule has 2 aromatic carbocycles. The second-order valence-corrected chi connectivity index (χ2v) is 11.6. The molecular weight excluding hydrogens is 268 g/mol. The Balaban J connectivity index is 2.15. The van der Waals surface area contributed by atoms with Gasteiger partial charge in [0, 0.05) is 0 Å². The topological polar surface area (TPSA) is 0 Å². The van der Waals surface area contributed by atoms with Crippen LogP contribution in [0.15, 0.2) is 60.7 Å². The fourth-order valence-electron chi connectivity index (χ4n) is 4.24. The van der Waals surface area contributed by atoms with Gasteiger partial charge < -0.3 is 0 Å². The summed E-state index contributed by atoms with van der Waals surface area (Å²) in [6.07, 6.45) is 7.00. The minimum Gasteiger partial charge on any atom is -0.0626 e. The maximum absolute atomic E-state index is 2.60. The molecule has 0 amide bonds. The van der Waals surface area contributed by atoms with Crippen LogP contribution in [0, 0.1) is 0 Å². The molecule has 110 valence electrons. The largest absolute Gasteiger partial charge is 0.120 e. The number of benzene rings is 2. The number of hydrogen-bond donors (Lipinski definition) is 0. The van der Waals surface area contributed by atoms with Crippen molar-refractivity contribution in [3.8, 4) is 0 Å². The van der Waals surface area contributed by atoms with E-state index in [0.29, 0.717) is 5.04 Å². The van der Waals surface area contributed by atoms with Gasteiger partial charge in [-0.25, -0.2) is 0 Å². The SMILES string of the molecule is CC1([Si](C)(c2ccccc2)c2ccccc2)CCCCC1. The first-order valence-corrected chi connectivity index (χ1v) is 10.8. The van der Waals surface area contributed by atoms with Gasteiger partial charge in [0.05, 0.1) is 0 Å². The molecule has 0 saturated heterocycles. The zero-order chi connectivity index (χ0) is 14.8. The average molecular weight is 295 g/mol. The van der Waals surface area contributed by atoms with E-state index in [0.717, 1.165) is 0 Å². The summed E-state index contributed by atoms with van der Waals surface area (Å²) in [7, 11) is -1.73. The van der Waals surface area contributed by atoms with E-state index in [1.807, 2.05) is 0 Å². The Morgan fingerprint density at radius 2 is 1.14 bits per heavy atom. The smallest absolute Gasteiger partial charge is 0.0626 e.